The second-order valence-corrected chi connectivity index (χ2v) is 10.3. The fraction of sp³-hybridized carbons (Fsp3) is 0.560. The average Bonchev–Trinajstić information content (AvgIpc) is 3.49. The molecule has 3 aromatic heterocycles. The molecule has 0 aliphatic carbocycles. The summed E-state index contributed by atoms with van der Waals surface area (Å²) in [6.07, 6.45) is 6.62. The molecule has 5 rings (SSSR count). The van der Waals surface area contributed by atoms with Gasteiger partial charge in [0.15, 0.2) is 5.82 Å². The van der Waals surface area contributed by atoms with Crippen molar-refractivity contribution in [1.82, 2.24) is 24.7 Å². The lowest BCUT2D eigenvalue weighted by molar-refractivity contribution is -0.121. The summed E-state index contributed by atoms with van der Waals surface area (Å²) >= 11 is 0. The first kappa shape index (κ1) is 24.2. The third kappa shape index (κ3) is 4.79. The van der Waals surface area contributed by atoms with Gasteiger partial charge in [0.25, 0.3) is 0 Å². The maximum absolute atomic E-state index is 11.7. The molecule has 3 aromatic rings. The highest BCUT2D eigenvalue weighted by Gasteiger charge is 2.31. The van der Waals surface area contributed by atoms with E-state index in [-0.39, 0.29) is 17.9 Å². The predicted molar refractivity (Wildman–Crippen MR) is 139 cm³/mol. The topological polar surface area (TPSA) is 138 Å². The lowest BCUT2D eigenvalue weighted by Crippen LogP contribution is -2.43. The molecular formula is C25H35N9O2. The van der Waals surface area contributed by atoms with Crippen LogP contribution < -0.4 is 20.9 Å². The Hall–Kier alpha value is -3.47. The van der Waals surface area contributed by atoms with E-state index in [1.165, 1.54) is 0 Å². The third-order valence-electron chi connectivity index (χ3n) is 7.49. The maximum atomic E-state index is 11.7. The molecule has 5 heterocycles. The molecule has 2 saturated heterocycles. The fourth-order valence-corrected chi connectivity index (χ4v) is 4.90. The van der Waals surface area contributed by atoms with Gasteiger partial charge in [-0.25, -0.2) is 9.97 Å². The number of primary amides is 1. The van der Waals surface area contributed by atoms with Gasteiger partial charge in [0.1, 0.15) is 11.6 Å². The van der Waals surface area contributed by atoms with Crippen LogP contribution in [0.4, 0.5) is 23.4 Å². The summed E-state index contributed by atoms with van der Waals surface area (Å²) in [7, 11) is 0. The number of pyridine rings is 1. The fourth-order valence-electron chi connectivity index (χ4n) is 4.90. The van der Waals surface area contributed by atoms with Crippen LogP contribution in [0.2, 0.25) is 0 Å². The Morgan fingerprint density at radius 1 is 1.25 bits per heavy atom. The highest BCUT2D eigenvalue weighted by atomic mass is 16.3. The molecule has 36 heavy (non-hydrogen) atoms. The van der Waals surface area contributed by atoms with Gasteiger partial charge in [0.05, 0.1) is 22.4 Å². The zero-order valence-corrected chi connectivity index (χ0v) is 21.2. The molecule has 4 N–H and O–H groups in total. The van der Waals surface area contributed by atoms with E-state index in [4.69, 9.17) is 15.8 Å². The van der Waals surface area contributed by atoms with Crippen LogP contribution in [0.3, 0.4) is 0 Å². The van der Waals surface area contributed by atoms with E-state index >= 15 is 0 Å². The number of aromatic nitrogens is 5. The monoisotopic (exact) mass is 493 g/mol. The predicted octanol–water partition coefficient (Wildman–Crippen LogP) is 2.60. The standard InChI is InChI=1S/C25H35N9O2/c1-4-16(2)34-19-13-21(28-14-18(19)23(31-34)33-10-6-17(15-33)22(26)35)29-20-5-9-27-24(30-20)32-11-7-25(3,36)8-12-32/h5,9,13-14,16-17,36H,4,6-8,10-12,15H2,1-3H3,(H2,26,35)(H,27,28,29,30)/t16?,17-/m0/s1. The lowest BCUT2D eigenvalue weighted by atomic mass is 9.94. The molecule has 2 aliphatic heterocycles. The second kappa shape index (κ2) is 9.53. The highest BCUT2D eigenvalue weighted by Crippen LogP contribution is 2.33. The summed E-state index contributed by atoms with van der Waals surface area (Å²) in [5.74, 6) is 2.40. The summed E-state index contributed by atoms with van der Waals surface area (Å²) < 4.78 is 2.04. The molecule has 1 unspecified atom stereocenters. The number of carbonyl (C=O) groups is 1. The Bertz CT molecular complexity index is 1250. The number of rotatable bonds is 7. The van der Waals surface area contributed by atoms with Crippen molar-refractivity contribution in [1.29, 1.82) is 0 Å². The third-order valence-corrected chi connectivity index (χ3v) is 7.49. The zero-order valence-electron chi connectivity index (χ0n) is 21.2. The molecular weight excluding hydrogens is 458 g/mol. The molecule has 2 fully saturated rings. The zero-order chi connectivity index (χ0) is 25.4. The average molecular weight is 494 g/mol. The van der Waals surface area contributed by atoms with Crippen molar-refractivity contribution >= 4 is 40.2 Å². The van der Waals surface area contributed by atoms with Crippen molar-refractivity contribution in [2.24, 2.45) is 11.7 Å². The van der Waals surface area contributed by atoms with Crippen molar-refractivity contribution in [3.8, 4) is 0 Å². The summed E-state index contributed by atoms with van der Waals surface area (Å²) in [4.78, 5) is 29.7. The summed E-state index contributed by atoms with van der Waals surface area (Å²) in [5, 5.41) is 19.5. The normalized spacial score (nSPS) is 20.6. The number of nitrogens with two attached hydrogens (primary N) is 1. The van der Waals surface area contributed by atoms with Crippen molar-refractivity contribution in [3.05, 3.63) is 24.5 Å². The molecule has 2 aliphatic rings. The van der Waals surface area contributed by atoms with Crippen LogP contribution in [0.25, 0.3) is 10.9 Å². The lowest BCUT2D eigenvalue weighted by Gasteiger charge is -2.35. The molecule has 0 radical (unpaired) electrons. The van der Waals surface area contributed by atoms with Crippen molar-refractivity contribution < 1.29 is 9.90 Å². The molecule has 192 valence electrons. The number of amides is 1. The molecule has 1 amide bonds. The molecule has 0 bridgehead atoms. The molecule has 0 aromatic carbocycles. The molecule has 2 atom stereocenters. The van der Waals surface area contributed by atoms with Crippen molar-refractivity contribution in [3.63, 3.8) is 0 Å². The van der Waals surface area contributed by atoms with Crippen LogP contribution in [0, 0.1) is 5.92 Å². The number of piperidine rings is 1. The number of nitrogens with zero attached hydrogens (tertiary/aromatic N) is 7. The van der Waals surface area contributed by atoms with Crippen LogP contribution in [0.5, 0.6) is 0 Å². The molecule has 11 heteroatoms. The first-order valence-electron chi connectivity index (χ1n) is 12.7. The second-order valence-electron chi connectivity index (χ2n) is 10.3. The van der Waals surface area contributed by atoms with E-state index in [9.17, 15) is 9.90 Å². The molecule has 0 spiro atoms. The van der Waals surface area contributed by atoms with Gasteiger partial charge in [-0.05, 0) is 45.6 Å². The van der Waals surface area contributed by atoms with E-state index in [1.54, 1.807) is 6.20 Å². The summed E-state index contributed by atoms with van der Waals surface area (Å²) in [5.41, 5.74) is 5.91. The van der Waals surface area contributed by atoms with Crippen LogP contribution in [-0.4, -0.2) is 67.5 Å². The maximum Gasteiger partial charge on any atom is 0.227 e. The van der Waals surface area contributed by atoms with Crippen LogP contribution in [0.15, 0.2) is 24.5 Å². The van der Waals surface area contributed by atoms with Gasteiger partial charge in [-0.3, -0.25) is 9.48 Å². The van der Waals surface area contributed by atoms with Crippen molar-refractivity contribution in [2.45, 2.75) is 58.1 Å². The van der Waals surface area contributed by atoms with Gasteiger partial charge >= 0.3 is 0 Å². The number of aliphatic hydroxyl groups is 1. The number of anilines is 4. The van der Waals surface area contributed by atoms with Crippen LogP contribution in [0.1, 0.15) is 52.5 Å². The van der Waals surface area contributed by atoms with Gasteiger partial charge in [-0.2, -0.15) is 10.1 Å². The van der Waals surface area contributed by atoms with E-state index in [2.05, 4.69) is 38.9 Å². The number of carbonyl (C=O) groups excluding carboxylic acids is 1. The minimum Gasteiger partial charge on any atom is -0.390 e. The van der Waals surface area contributed by atoms with Crippen molar-refractivity contribution in [2.75, 3.05) is 41.3 Å². The Morgan fingerprint density at radius 3 is 2.72 bits per heavy atom. The largest absolute Gasteiger partial charge is 0.390 e. The quantitative estimate of drug-likeness (QED) is 0.453. The smallest absolute Gasteiger partial charge is 0.227 e. The Kier molecular flexibility index (Phi) is 6.42. The number of nitrogens with one attached hydrogen (secondary N) is 1. The summed E-state index contributed by atoms with van der Waals surface area (Å²) in [6.45, 7) is 8.91. The van der Waals surface area contributed by atoms with Gasteiger partial charge in [-0.1, -0.05) is 6.92 Å². The highest BCUT2D eigenvalue weighted by molar-refractivity contribution is 5.92. The van der Waals surface area contributed by atoms with E-state index in [0.29, 0.717) is 50.1 Å². The van der Waals surface area contributed by atoms with E-state index < -0.39 is 5.60 Å². The SMILES string of the molecule is CCC(C)n1nc(N2CC[C@H](C(N)=O)C2)c2cnc(Nc3ccnc(N4CCC(C)(O)CC4)n3)cc21. The molecule has 0 saturated carbocycles. The number of hydrogen-bond donors (Lipinski definition) is 3. The minimum absolute atomic E-state index is 0.152. The van der Waals surface area contributed by atoms with Gasteiger partial charge in [0.2, 0.25) is 11.9 Å². The minimum atomic E-state index is -0.626. The van der Waals surface area contributed by atoms with E-state index in [1.807, 2.05) is 29.9 Å². The first-order chi connectivity index (χ1) is 17.2. The number of fused-ring (bicyclic) bond motifs is 1. The Labute approximate surface area is 210 Å². The number of hydrogen-bond acceptors (Lipinski definition) is 9. The molecule has 11 nitrogen and oxygen atoms in total. The van der Waals surface area contributed by atoms with E-state index in [0.717, 1.165) is 36.1 Å². The van der Waals surface area contributed by atoms with Crippen LogP contribution >= 0.6 is 0 Å². The first-order valence-corrected chi connectivity index (χ1v) is 12.7. The van der Waals surface area contributed by atoms with Crippen LogP contribution in [-0.2, 0) is 4.79 Å². The Morgan fingerprint density at radius 2 is 2.03 bits per heavy atom. The Balaban J connectivity index is 1.41. The van der Waals surface area contributed by atoms with Gasteiger partial charge in [0, 0.05) is 50.7 Å². The van der Waals surface area contributed by atoms with Gasteiger partial charge < -0.3 is 26.0 Å². The van der Waals surface area contributed by atoms with Gasteiger partial charge in [-0.15, -0.1) is 0 Å². The summed E-state index contributed by atoms with van der Waals surface area (Å²) in [6, 6.07) is 4.02.